The van der Waals surface area contributed by atoms with E-state index in [0.717, 1.165) is 6.07 Å². The summed E-state index contributed by atoms with van der Waals surface area (Å²) < 4.78 is 42.8. The summed E-state index contributed by atoms with van der Waals surface area (Å²) in [6.45, 7) is 0. The van der Waals surface area contributed by atoms with Gasteiger partial charge in [0.2, 0.25) is 6.43 Å². The highest BCUT2D eigenvalue weighted by Gasteiger charge is 2.26. The number of hydrogen-bond acceptors (Lipinski definition) is 3. The summed E-state index contributed by atoms with van der Waals surface area (Å²) in [5, 5.41) is 10.6. The maximum Gasteiger partial charge on any atom is 0.326 e. The molecule has 1 rings (SSSR count). The van der Waals surface area contributed by atoms with Crippen LogP contribution in [0.15, 0.2) is 18.2 Å². The molecule has 0 aliphatic rings. The van der Waals surface area contributed by atoms with Crippen LogP contribution in [0, 0.1) is 5.82 Å². The summed E-state index contributed by atoms with van der Waals surface area (Å²) in [5.74, 6) is -3.93. The Hall–Kier alpha value is -2.25. The van der Waals surface area contributed by atoms with Gasteiger partial charge in [0.1, 0.15) is 6.04 Å². The molecule has 20 heavy (non-hydrogen) atoms. The van der Waals surface area contributed by atoms with Gasteiger partial charge in [-0.2, -0.15) is 0 Å². The first kappa shape index (κ1) is 15.8. The number of methoxy groups -OCH3 is 1. The number of hydrogen-bond donors (Lipinski definition) is 2. The molecule has 2 N–H and O–H groups in total. The van der Waals surface area contributed by atoms with Crippen molar-refractivity contribution in [1.82, 2.24) is 5.32 Å². The molecule has 1 amide bonds. The van der Waals surface area contributed by atoms with Crippen LogP contribution in [0.2, 0.25) is 0 Å². The van der Waals surface area contributed by atoms with Crippen molar-refractivity contribution >= 4 is 11.9 Å². The molecule has 5 nitrogen and oxygen atoms in total. The van der Waals surface area contributed by atoms with Crippen molar-refractivity contribution in [2.75, 3.05) is 7.11 Å². The van der Waals surface area contributed by atoms with Gasteiger partial charge in [-0.05, 0) is 12.1 Å². The van der Waals surface area contributed by atoms with Gasteiger partial charge in [0, 0.05) is 6.42 Å². The molecule has 0 saturated carbocycles. The molecule has 0 radical (unpaired) electrons. The van der Waals surface area contributed by atoms with E-state index in [1.54, 1.807) is 0 Å². The lowest BCUT2D eigenvalue weighted by Crippen LogP contribution is -2.42. The lowest BCUT2D eigenvalue weighted by atomic mass is 10.1. The van der Waals surface area contributed by atoms with Gasteiger partial charge in [-0.15, -0.1) is 0 Å². The van der Waals surface area contributed by atoms with Gasteiger partial charge in [0.25, 0.3) is 5.91 Å². The zero-order chi connectivity index (χ0) is 15.3. The average Bonchev–Trinajstić information content (AvgIpc) is 2.37. The summed E-state index contributed by atoms with van der Waals surface area (Å²) in [5.41, 5.74) is -0.482. The van der Waals surface area contributed by atoms with E-state index in [2.05, 4.69) is 4.74 Å². The highest BCUT2D eigenvalue weighted by Crippen LogP contribution is 2.20. The molecule has 0 aliphatic carbocycles. The monoisotopic (exact) mass is 291 g/mol. The van der Waals surface area contributed by atoms with Crippen LogP contribution in [0.5, 0.6) is 5.75 Å². The number of rotatable bonds is 6. The van der Waals surface area contributed by atoms with Gasteiger partial charge in [0.05, 0.1) is 12.7 Å². The number of carboxylic acid groups (broad SMARTS) is 1. The molecule has 0 aromatic heterocycles. The molecule has 110 valence electrons. The number of alkyl halides is 2. The Morgan fingerprint density at radius 2 is 2.05 bits per heavy atom. The zero-order valence-electron chi connectivity index (χ0n) is 10.4. The molecular weight excluding hydrogens is 279 g/mol. The Labute approximate surface area is 112 Å². The number of carbonyl (C=O) groups is 2. The molecule has 1 atom stereocenters. The van der Waals surface area contributed by atoms with E-state index in [-0.39, 0.29) is 5.75 Å². The van der Waals surface area contributed by atoms with E-state index in [9.17, 15) is 22.8 Å². The molecule has 0 saturated heterocycles. The minimum atomic E-state index is -2.91. The van der Waals surface area contributed by atoms with Crippen molar-refractivity contribution in [2.24, 2.45) is 0 Å². The Morgan fingerprint density at radius 1 is 1.40 bits per heavy atom. The van der Waals surface area contributed by atoms with Crippen LogP contribution in [0.3, 0.4) is 0 Å². The van der Waals surface area contributed by atoms with E-state index in [1.165, 1.54) is 19.2 Å². The molecule has 0 heterocycles. The van der Waals surface area contributed by atoms with Gasteiger partial charge in [-0.25, -0.2) is 18.0 Å². The van der Waals surface area contributed by atoms with Gasteiger partial charge in [0.15, 0.2) is 11.6 Å². The van der Waals surface area contributed by atoms with Crippen molar-refractivity contribution in [1.29, 1.82) is 0 Å². The highest BCUT2D eigenvalue weighted by molar-refractivity contribution is 5.97. The van der Waals surface area contributed by atoms with E-state index in [1.807, 2.05) is 5.32 Å². The summed E-state index contributed by atoms with van der Waals surface area (Å²) in [4.78, 5) is 22.5. The number of ether oxygens (including phenoxy) is 1. The quantitative estimate of drug-likeness (QED) is 0.836. The molecule has 8 heteroatoms. The second-order valence-corrected chi connectivity index (χ2v) is 3.81. The first-order valence-corrected chi connectivity index (χ1v) is 5.51. The third-order valence-electron chi connectivity index (χ3n) is 2.45. The molecule has 1 aromatic rings. The van der Waals surface area contributed by atoms with Crippen molar-refractivity contribution in [3.63, 3.8) is 0 Å². The second kappa shape index (κ2) is 6.78. The molecule has 1 aromatic carbocycles. The maximum atomic E-state index is 13.8. The Kier molecular flexibility index (Phi) is 5.36. The minimum absolute atomic E-state index is 0.210. The number of nitrogens with one attached hydrogen (secondary N) is 1. The van der Waals surface area contributed by atoms with Crippen molar-refractivity contribution in [2.45, 2.75) is 18.9 Å². The van der Waals surface area contributed by atoms with Crippen LogP contribution >= 0.6 is 0 Å². The molecule has 0 aliphatic heterocycles. The molecule has 0 spiro atoms. The van der Waals surface area contributed by atoms with Gasteiger partial charge < -0.3 is 15.2 Å². The molecule has 0 bridgehead atoms. The Bertz CT molecular complexity index is 507. The predicted molar refractivity (Wildman–Crippen MR) is 62.5 cm³/mol. The highest BCUT2D eigenvalue weighted by atomic mass is 19.3. The fourth-order valence-electron chi connectivity index (χ4n) is 1.48. The van der Waals surface area contributed by atoms with Crippen LogP contribution < -0.4 is 10.1 Å². The van der Waals surface area contributed by atoms with Gasteiger partial charge >= 0.3 is 5.97 Å². The predicted octanol–water partition coefficient (Wildman–Crippen LogP) is 1.67. The van der Waals surface area contributed by atoms with Gasteiger partial charge in [-0.3, -0.25) is 4.79 Å². The maximum absolute atomic E-state index is 13.8. The smallest absolute Gasteiger partial charge is 0.326 e. The first-order valence-electron chi connectivity index (χ1n) is 5.51. The number of aliphatic carboxylic acids is 1. The third kappa shape index (κ3) is 3.87. The number of halogens is 3. The minimum Gasteiger partial charge on any atom is -0.494 e. The van der Waals surface area contributed by atoms with E-state index in [0.29, 0.717) is 0 Å². The third-order valence-corrected chi connectivity index (χ3v) is 2.45. The SMILES string of the molecule is COc1cccc(C(=O)NC(CC(F)F)C(=O)O)c1F. The van der Waals surface area contributed by atoms with Crippen LogP contribution in [0.4, 0.5) is 13.2 Å². The van der Waals surface area contributed by atoms with Crippen LogP contribution in [0.1, 0.15) is 16.8 Å². The van der Waals surface area contributed by atoms with Gasteiger partial charge in [-0.1, -0.05) is 6.07 Å². The number of benzene rings is 1. The summed E-state index contributed by atoms with van der Waals surface area (Å²) in [6, 6.07) is 1.88. The second-order valence-electron chi connectivity index (χ2n) is 3.81. The van der Waals surface area contributed by atoms with Crippen molar-refractivity contribution in [3.8, 4) is 5.75 Å². The molecule has 0 fully saturated rings. The zero-order valence-corrected chi connectivity index (χ0v) is 10.4. The fraction of sp³-hybridized carbons (Fsp3) is 0.333. The largest absolute Gasteiger partial charge is 0.494 e. The average molecular weight is 291 g/mol. The van der Waals surface area contributed by atoms with Crippen LogP contribution in [-0.4, -0.2) is 36.6 Å². The number of carboxylic acids is 1. The van der Waals surface area contributed by atoms with E-state index >= 15 is 0 Å². The summed E-state index contributed by atoms with van der Waals surface area (Å²) >= 11 is 0. The topological polar surface area (TPSA) is 75.6 Å². The number of amides is 1. The standard InChI is InChI=1S/C12H12F3NO4/c1-20-8-4-2-3-6(10(8)15)11(17)16-7(12(18)19)5-9(13)14/h2-4,7,9H,5H2,1H3,(H,16,17)(H,18,19). The first-order chi connectivity index (χ1) is 9.36. The Morgan fingerprint density at radius 3 is 2.55 bits per heavy atom. The lowest BCUT2D eigenvalue weighted by molar-refractivity contribution is -0.140. The molecular formula is C12H12F3NO4. The van der Waals surface area contributed by atoms with E-state index < -0.39 is 42.1 Å². The van der Waals surface area contributed by atoms with Crippen LogP contribution in [-0.2, 0) is 4.79 Å². The van der Waals surface area contributed by atoms with Crippen LogP contribution in [0.25, 0.3) is 0 Å². The normalized spacial score (nSPS) is 12.1. The fourth-order valence-corrected chi connectivity index (χ4v) is 1.48. The lowest BCUT2D eigenvalue weighted by Gasteiger charge is -2.14. The van der Waals surface area contributed by atoms with Crippen molar-refractivity contribution < 1.29 is 32.6 Å². The summed E-state index contributed by atoms with van der Waals surface area (Å²) in [7, 11) is 1.19. The summed E-state index contributed by atoms with van der Waals surface area (Å²) in [6.07, 6.45) is -3.97. The number of carbonyl (C=O) groups excluding carboxylic acids is 1. The van der Waals surface area contributed by atoms with Crippen molar-refractivity contribution in [3.05, 3.63) is 29.6 Å². The Balaban J connectivity index is 2.92. The molecule has 1 unspecified atom stereocenters. The van der Waals surface area contributed by atoms with E-state index in [4.69, 9.17) is 5.11 Å².